The molecule has 0 bridgehead atoms. The first-order chi connectivity index (χ1) is 5.55. The quantitative estimate of drug-likeness (QED) is 0.716. The molecular weight excluding hydrogens is 168 g/mol. The maximum atomic E-state index is 5.11. The predicted molar refractivity (Wildman–Crippen MR) is 53.7 cm³/mol. The van der Waals surface area contributed by atoms with Crippen LogP contribution in [0.4, 0.5) is 0 Å². The second-order valence-corrected chi connectivity index (χ2v) is 4.30. The minimum atomic E-state index is 0.334. The summed E-state index contributed by atoms with van der Waals surface area (Å²) in [6.45, 7) is 7.70. The van der Waals surface area contributed by atoms with E-state index in [9.17, 15) is 0 Å². The molecule has 0 amide bonds. The lowest BCUT2D eigenvalue weighted by molar-refractivity contribution is 0.293. The van der Waals surface area contributed by atoms with E-state index < -0.39 is 0 Å². The highest BCUT2D eigenvalue weighted by Gasteiger charge is 2.15. The summed E-state index contributed by atoms with van der Waals surface area (Å²) < 4.78 is 2.90. The summed E-state index contributed by atoms with van der Waals surface area (Å²) in [5.41, 5.74) is 0.334. The Morgan fingerprint density at radius 2 is 2.25 bits per heavy atom. The van der Waals surface area contributed by atoms with E-state index in [0.717, 1.165) is 11.3 Å². The van der Waals surface area contributed by atoms with E-state index in [2.05, 4.69) is 30.3 Å². The Morgan fingerprint density at radius 3 is 2.67 bits per heavy atom. The van der Waals surface area contributed by atoms with Gasteiger partial charge in [0.25, 0.3) is 0 Å². The highest BCUT2D eigenvalue weighted by molar-refractivity contribution is 7.71. The van der Waals surface area contributed by atoms with Crippen LogP contribution in [-0.4, -0.2) is 9.55 Å². The van der Waals surface area contributed by atoms with Crippen LogP contribution in [0.1, 0.15) is 27.2 Å². The summed E-state index contributed by atoms with van der Waals surface area (Å²) >= 11 is 5.11. The number of hydrogen-bond donors (Lipinski definition) is 1. The van der Waals surface area contributed by atoms with Gasteiger partial charge in [-0.3, -0.25) is 0 Å². The summed E-state index contributed by atoms with van der Waals surface area (Å²) in [6.07, 6.45) is 5.05. The predicted octanol–water partition coefficient (Wildman–Crippen LogP) is 2.98. The first kappa shape index (κ1) is 9.52. The van der Waals surface area contributed by atoms with Crippen molar-refractivity contribution in [2.45, 2.75) is 33.7 Å². The third-order valence-corrected chi connectivity index (χ3v) is 2.63. The zero-order valence-electron chi connectivity index (χ0n) is 7.92. The molecule has 2 nitrogen and oxygen atoms in total. The fraction of sp³-hybridized carbons (Fsp3) is 0.667. The molecule has 1 rings (SSSR count). The molecular formula is C9H16N2S. The number of nitrogens with zero attached hydrogens (tertiary/aromatic N) is 1. The normalized spacial score (nSPS) is 11.9. The molecule has 1 aromatic rings. The maximum Gasteiger partial charge on any atom is 0.177 e. The Kier molecular flexibility index (Phi) is 2.73. The average Bonchev–Trinajstić information content (AvgIpc) is 2.36. The van der Waals surface area contributed by atoms with Crippen LogP contribution in [0.25, 0.3) is 0 Å². The van der Waals surface area contributed by atoms with Crippen LogP contribution in [0.3, 0.4) is 0 Å². The molecule has 0 aliphatic rings. The van der Waals surface area contributed by atoms with Crippen LogP contribution in [0.5, 0.6) is 0 Å². The van der Waals surface area contributed by atoms with Crippen LogP contribution < -0.4 is 0 Å². The van der Waals surface area contributed by atoms with Gasteiger partial charge >= 0.3 is 0 Å². The van der Waals surface area contributed by atoms with Crippen LogP contribution in [0.15, 0.2) is 12.4 Å². The molecule has 0 aromatic carbocycles. The van der Waals surface area contributed by atoms with Crippen molar-refractivity contribution in [1.29, 1.82) is 0 Å². The van der Waals surface area contributed by atoms with Crippen molar-refractivity contribution in [2.24, 2.45) is 5.41 Å². The second kappa shape index (κ2) is 3.44. The van der Waals surface area contributed by atoms with E-state index in [1.807, 2.05) is 12.4 Å². The van der Waals surface area contributed by atoms with Crippen molar-refractivity contribution in [3.63, 3.8) is 0 Å². The molecule has 0 aliphatic heterocycles. The molecule has 0 saturated heterocycles. The topological polar surface area (TPSA) is 20.7 Å². The van der Waals surface area contributed by atoms with Gasteiger partial charge in [0.1, 0.15) is 0 Å². The lowest BCUT2D eigenvalue weighted by Gasteiger charge is -2.22. The highest BCUT2D eigenvalue weighted by Crippen LogP contribution is 2.21. The van der Waals surface area contributed by atoms with Crippen molar-refractivity contribution in [1.82, 2.24) is 9.55 Å². The van der Waals surface area contributed by atoms with Crippen LogP contribution in [-0.2, 0) is 6.54 Å². The van der Waals surface area contributed by atoms with E-state index >= 15 is 0 Å². The van der Waals surface area contributed by atoms with E-state index in [-0.39, 0.29) is 0 Å². The summed E-state index contributed by atoms with van der Waals surface area (Å²) in [6, 6.07) is 0. The fourth-order valence-corrected chi connectivity index (χ4v) is 1.24. The summed E-state index contributed by atoms with van der Waals surface area (Å²) in [7, 11) is 0. The largest absolute Gasteiger partial charge is 0.337 e. The molecule has 0 saturated carbocycles. The Hall–Kier alpha value is -0.570. The van der Waals surface area contributed by atoms with Crippen molar-refractivity contribution in [3.05, 3.63) is 17.2 Å². The third-order valence-electron chi connectivity index (χ3n) is 2.28. The zero-order valence-corrected chi connectivity index (χ0v) is 8.74. The fourth-order valence-electron chi connectivity index (χ4n) is 1.05. The summed E-state index contributed by atoms with van der Waals surface area (Å²) in [5, 5.41) is 0. The Labute approximate surface area is 78.6 Å². The highest BCUT2D eigenvalue weighted by atomic mass is 32.1. The van der Waals surface area contributed by atoms with Crippen LogP contribution in [0, 0.1) is 10.2 Å². The van der Waals surface area contributed by atoms with E-state index in [1.165, 1.54) is 6.42 Å². The smallest absolute Gasteiger partial charge is 0.177 e. The maximum absolute atomic E-state index is 5.11. The third kappa shape index (κ3) is 2.21. The lowest BCUT2D eigenvalue weighted by Crippen LogP contribution is -2.18. The summed E-state index contributed by atoms with van der Waals surface area (Å²) in [4.78, 5) is 2.99. The molecule has 1 heterocycles. The number of nitrogens with one attached hydrogen (secondary N) is 1. The molecule has 12 heavy (non-hydrogen) atoms. The van der Waals surface area contributed by atoms with Gasteiger partial charge in [-0.05, 0) is 24.1 Å². The standard InChI is InChI=1S/C9H16N2S/c1-4-9(2,3)7-11-6-5-10-8(11)12/h5-6H,4,7H2,1-3H3,(H,10,12). The Balaban J connectivity index is 2.77. The van der Waals surface area contributed by atoms with E-state index in [4.69, 9.17) is 12.2 Å². The second-order valence-electron chi connectivity index (χ2n) is 3.91. The lowest BCUT2D eigenvalue weighted by atomic mass is 9.90. The van der Waals surface area contributed by atoms with E-state index in [1.54, 1.807) is 0 Å². The molecule has 0 atom stereocenters. The summed E-state index contributed by atoms with van der Waals surface area (Å²) in [5.74, 6) is 0. The number of aromatic amines is 1. The van der Waals surface area contributed by atoms with Gasteiger partial charge in [-0.1, -0.05) is 20.8 Å². The first-order valence-electron chi connectivity index (χ1n) is 4.29. The molecule has 1 N–H and O–H groups in total. The van der Waals surface area contributed by atoms with Gasteiger partial charge in [0, 0.05) is 18.9 Å². The molecule has 1 aromatic heterocycles. The number of aromatic nitrogens is 2. The SMILES string of the molecule is CCC(C)(C)Cn1cc[nH]c1=S. The van der Waals surface area contributed by atoms with Gasteiger partial charge in [-0.25, -0.2) is 0 Å². The van der Waals surface area contributed by atoms with Crippen LogP contribution >= 0.6 is 12.2 Å². The van der Waals surface area contributed by atoms with Gasteiger partial charge in [0.05, 0.1) is 0 Å². The molecule has 3 heteroatoms. The zero-order chi connectivity index (χ0) is 9.19. The van der Waals surface area contributed by atoms with E-state index in [0.29, 0.717) is 5.41 Å². The van der Waals surface area contributed by atoms with Gasteiger partial charge in [0.15, 0.2) is 4.77 Å². The number of hydrogen-bond acceptors (Lipinski definition) is 1. The minimum absolute atomic E-state index is 0.334. The molecule has 68 valence electrons. The molecule has 0 spiro atoms. The van der Waals surface area contributed by atoms with Crippen molar-refractivity contribution < 1.29 is 0 Å². The number of rotatable bonds is 3. The number of H-pyrrole nitrogens is 1. The molecule has 0 fully saturated rings. The average molecular weight is 184 g/mol. The van der Waals surface area contributed by atoms with Crippen molar-refractivity contribution in [2.75, 3.05) is 0 Å². The number of imidazole rings is 1. The van der Waals surface area contributed by atoms with Gasteiger partial charge in [0.2, 0.25) is 0 Å². The molecule has 0 radical (unpaired) electrons. The van der Waals surface area contributed by atoms with Gasteiger partial charge in [-0.15, -0.1) is 0 Å². The first-order valence-corrected chi connectivity index (χ1v) is 4.70. The Bertz CT molecular complexity index is 295. The van der Waals surface area contributed by atoms with Crippen molar-refractivity contribution in [3.8, 4) is 0 Å². The van der Waals surface area contributed by atoms with Gasteiger partial charge in [-0.2, -0.15) is 0 Å². The Morgan fingerprint density at radius 1 is 1.58 bits per heavy atom. The monoisotopic (exact) mass is 184 g/mol. The van der Waals surface area contributed by atoms with Crippen molar-refractivity contribution >= 4 is 12.2 Å². The molecule has 0 unspecified atom stereocenters. The molecule has 0 aliphatic carbocycles. The van der Waals surface area contributed by atoms with Gasteiger partial charge < -0.3 is 9.55 Å². The minimum Gasteiger partial charge on any atom is -0.337 e. The van der Waals surface area contributed by atoms with Crippen LogP contribution in [0.2, 0.25) is 0 Å².